The van der Waals surface area contributed by atoms with E-state index in [0.717, 1.165) is 12.0 Å². The van der Waals surface area contributed by atoms with Gasteiger partial charge in [-0.05, 0) is 78.3 Å². The van der Waals surface area contributed by atoms with E-state index in [4.69, 9.17) is 14.2 Å². The first kappa shape index (κ1) is 36.7. The quantitative estimate of drug-likeness (QED) is 0.181. The van der Waals surface area contributed by atoms with Crippen molar-refractivity contribution in [2.24, 2.45) is 76.9 Å². The van der Waals surface area contributed by atoms with Gasteiger partial charge >= 0.3 is 0 Å². The predicted molar refractivity (Wildman–Crippen MR) is 175 cm³/mol. The summed E-state index contributed by atoms with van der Waals surface area (Å²) >= 11 is 0. The summed E-state index contributed by atoms with van der Waals surface area (Å²) in [6.45, 7) is 5.74. The zero-order valence-corrected chi connectivity index (χ0v) is 29.2. The minimum Gasteiger partial charge on any atom is -0.513 e. The van der Waals surface area contributed by atoms with Crippen LogP contribution in [0.5, 0.6) is 0 Å². The highest BCUT2D eigenvalue weighted by Crippen LogP contribution is 2.61. The van der Waals surface area contributed by atoms with E-state index in [9.17, 15) is 40.9 Å². The van der Waals surface area contributed by atoms with Gasteiger partial charge in [-0.25, -0.2) is 0 Å². The lowest BCUT2D eigenvalue weighted by atomic mass is 9.48. The highest BCUT2D eigenvalue weighted by Gasteiger charge is 2.63. The molecule has 0 radical (unpaired) electrons. The fraction of sp³-hybridized carbons (Fsp3) is 0.892. The Morgan fingerprint density at radius 3 is 2.02 bits per heavy atom. The van der Waals surface area contributed by atoms with E-state index in [0.29, 0.717) is 12.8 Å². The van der Waals surface area contributed by atoms with Crippen LogP contribution in [0.15, 0.2) is 23.5 Å². The van der Waals surface area contributed by atoms with Crippen molar-refractivity contribution in [1.82, 2.24) is 0 Å². The molecule has 0 aromatic carbocycles. The van der Waals surface area contributed by atoms with Crippen LogP contribution in [-0.2, 0) is 14.2 Å². The molecule has 4 fully saturated rings. The van der Waals surface area contributed by atoms with Crippen molar-refractivity contribution in [1.29, 1.82) is 0 Å². The molecular weight excluding hydrogens is 620 g/mol. The average Bonchev–Trinajstić information content (AvgIpc) is 3.38. The molecule has 0 aromatic heterocycles. The molecule has 0 amide bonds. The third-order valence-electron chi connectivity index (χ3n) is 14.8. The van der Waals surface area contributed by atoms with Crippen molar-refractivity contribution < 1.29 is 55.1 Å². The second kappa shape index (κ2) is 13.8. The van der Waals surface area contributed by atoms with Gasteiger partial charge in [0.05, 0.1) is 48.0 Å². The summed E-state index contributed by atoms with van der Waals surface area (Å²) in [5.41, 5.74) is -0.473. The predicted octanol–water partition coefficient (Wildman–Crippen LogP) is 1.27. The second-order valence-corrected chi connectivity index (χ2v) is 16.5. The molecule has 0 heterocycles. The Hall–Kier alpha value is -1.12. The molecule has 5 unspecified atom stereocenters. The van der Waals surface area contributed by atoms with Crippen LogP contribution in [0.1, 0.15) is 46.5 Å². The Labute approximate surface area is 284 Å². The van der Waals surface area contributed by atoms with E-state index >= 15 is 0 Å². The lowest BCUT2D eigenvalue weighted by Gasteiger charge is -2.60. The van der Waals surface area contributed by atoms with Gasteiger partial charge in [-0.15, -0.1) is 0 Å². The lowest BCUT2D eigenvalue weighted by molar-refractivity contribution is -0.231. The number of ether oxygens (including phenoxy) is 3. The average molecular weight is 681 g/mol. The normalized spacial score (nSPS) is 55.3. The molecule has 0 saturated heterocycles. The Balaban J connectivity index is 1.47. The number of aliphatic hydroxyl groups is 8. The van der Waals surface area contributed by atoms with Gasteiger partial charge in [0.25, 0.3) is 0 Å². The molecule has 11 nitrogen and oxygen atoms in total. The summed E-state index contributed by atoms with van der Waals surface area (Å²) in [6, 6.07) is 0. The summed E-state index contributed by atoms with van der Waals surface area (Å²) in [4.78, 5) is 0. The largest absolute Gasteiger partial charge is 0.513 e. The fourth-order valence-electron chi connectivity index (χ4n) is 12.4. The molecular formula is C37H60O11. The van der Waals surface area contributed by atoms with Gasteiger partial charge in [0.15, 0.2) is 0 Å². The molecule has 8 N–H and O–H groups in total. The third kappa shape index (κ3) is 5.54. The highest BCUT2D eigenvalue weighted by atomic mass is 16.5. The van der Waals surface area contributed by atoms with Gasteiger partial charge in [0, 0.05) is 70.6 Å². The van der Waals surface area contributed by atoms with Gasteiger partial charge in [-0.2, -0.15) is 0 Å². The molecule has 274 valence electrons. The summed E-state index contributed by atoms with van der Waals surface area (Å²) in [5, 5.41) is 88.7. The van der Waals surface area contributed by atoms with Crippen molar-refractivity contribution in [3.63, 3.8) is 0 Å². The molecule has 0 aromatic rings. The maximum Gasteiger partial charge on any atom is 0.106 e. The Bertz CT molecular complexity index is 1210. The molecule has 11 heteroatoms. The minimum absolute atomic E-state index is 0.0221. The third-order valence-corrected chi connectivity index (χ3v) is 14.8. The molecule has 21 atom stereocenters. The van der Waals surface area contributed by atoms with E-state index in [1.165, 1.54) is 0 Å². The van der Waals surface area contributed by atoms with Crippen molar-refractivity contribution in [2.45, 2.75) is 94.8 Å². The number of fused-ring (bicyclic) bond motifs is 3. The van der Waals surface area contributed by atoms with Crippen LogP contribution in [0, 0.1) is 76.9 Å². The minimum atomic E-state index is -1.42. The second-order valence-electron chi connectivity index (χ2n) is 16.5. The van der Waals surface area contributed by atoms with E-state index in [1.807, 2.05) is 13.0 Å². The molecule has 4 saturated carbocycles. The van der Waals surface area contributed by atoms with Crippen molar-refractivity contribution in [3.8, 4) is 0 Å². The number of methoxy groups -OCH3 is 3. The topological polar surface area (TPSA) is 190 Å². The first-order chi connectivity index (χ1) is 22.8. The van der Waals surface area contributed by atoms with Gasteiger partial charge in [0.1, 0.15) is 6.10 Å². The van der Waals surface area contributed by atoms with Crippen LogP contribution >= 0.6 is 0 Å². The zero-order valence-electron chi connectivity index (χ0n) is 29.2. The monoisotopic (exact) mass is 680 g/mol. The van der Waals surface area contributed by atoms with Crippen molar-refractivity contribution in [3.05, 3.63) is 23.5 Å². The van der Waals surface area contributed by atoms with Gasteiger partial charge in [-0.3, -0.25) is 0 Å². The molecule has 6 rings (SSSR count). The van der Waals surface area contributed by atoms with E-state index in [1.54, 1.807) is 27.4 Å². The van der Waals surface area contributed by atoms with Crippen molar-refractivity contribution >= 4 is 0 Å². The Morgan fingerprint density at radius 2 is 1.42 bits per heavy atom. The van der Waals surface area contributed by atoms with Gasteiger partial charge in [0.2, 0.25) is 0 Å². The zero-order chi connectivity index (χ0) is 35.0. The number of hydrogen-bond acceptors (Lipinski definition) is 11. The highest BCUT2D eigenvalue weighted by molar-refractivity contribution is 5.36. The summed E-state index contributed by atoms with van der Waals surface area (Å²) in [5.74, 6) is -2.98. The smallest absolute Gasteiger partial charge is 0.106 e. The molecule has 6 aliphatic carbocycles. The van der Waals surface area contributed by atoms with Crippen LogP contribution in [0.3, 0.4) is 0 Å². The number of aliphatic hydroxyl groups excluding tert-OH is 7. The van der Waals surface area contributed by atoms with E-state index in [2.05, 4.69) is 13.8 Å². The molecule has 6 aliphatic rings. The lowest BCUT2D eigenvalue weighted by Crippen LogP contribution is -2.65. The fourth-order valence-corrected chi connectivity index (χ4v) is 12.4. The number of hydrogen-bond donors (Lipinski definition) is 8. The SMILES string of the molecule is CO[C@H]1C[C@@H]2CC3C([C@@H](OC)C2[C@@H](C2=C[C@@]4(O)CC(O)=C[C@H]4[C@H](C4[C@@H](C)[C@H](CO)[C@H](O)[C@@H](C)[C@H]4C)[C@H]2OC)C1)[C@H](O)[C@@H](O)C(O)[C@H]3CO. The maximum absolute atomic E-state index is 12.5. The maximum atomic E-state index is 12.5. The van der Waals surface area contributed by atoms with Crippen molar-refractivity contribution in [2.75, 3.05) is 34.5 Å². The Kier molecular flexibility index (Phi) is 10.5. The summed E-state index contributed by atoms with van der Waals surface area (Å²) in [6.07, 6.45) is -0.0151. The standard InChI is InChI=1S/C37H60O11/c1-15-16(2)31(41)24(13-38)17(3)27(15)30-26-9-19(40)11-37(26,45)12-23(35(30)47-5)22-10-20(46-4)7-18-8-21-25(14-39)32(42)34(44)33(43)29(21)36(48-6)28(18)22/h9,12,15-18,20-22,24-36,38-45H,7-8,10-11,13-14H2,1-6H3/t15-,16+,17+,18-,20+,21?,22-,24+,25+,26+,27?,28?,29?,30-,31-,32?,33+,34+,35+,36+,37+/m1/s1. The Morgan fingerprint density at radius 1 is 0.729 bits per heavy atom. The number of rotatable bonds is 7. The van der Waals surface area contributed by atoms with Crippen LogP contribution in [0.4, 0.5) is 0 Å². The van der Waals surface area contributed by atoms with Gasteiger partial charge < -0.3 is 55.1 Å². The molecule has 0 aliphatic heterocycles. The van der Waals surface area contributed by atoms with E-state index in [-0.39, 0.29) is 90.7 Å². The van der Waals surface area contributed by atoms with Crippen LogP contribution in [-0.4, -0.2) is 124 Å². The summed E-state index contributed by atoms with van der Waals surface area (Å²) < 4.78 is 18.8. The molecule has 0 bridgehead atoms. The summed E-state index contributed by atoms with van der Waals surface area (Å²) in [7, 11) is 4.99. The first-order valence-electron chi connectivity index (χ1n) is 18.1. The van der Waals surface area contributed by atoms with E-state index < -0.39 is 60.0 Å². The molecule has 48 heavy (non-hydrogen) atoms. The molecule has 0 spiro atoms. The van der Waals surface area contributed by atoms with Gasteiger partial charge in [-0.1, -0.05) is 26.8 Å². The van der Waals surface area contributed by atoms with Crippen LogP contribution in [0.25, 0.3) is 0 Å². The van der Waals surface area contributed by atoms with Crippen LogP contribution in [0.2, 0.25) is 0 Å². The first-order valence-corrected chi connectivity index (χ1v) is 18.1. The van der Waals surface area contributed by atoms with Crippen LogP contribution < -0.4 is 0 Å².